The number of rotatable bonds is 6. The molecule has 0 spiro atoms. The van der Waals surface area contributed by atoms with Gasteiger partial charge >= 0.3 is 0 Å². The molecule has 1 fully saturated rings. The first kappa shape index (κ1) is 15.0. The van der Waals surface area contributed by atoms with Gasteiger partial charge in [0.05, 0.1) is 0 Å². The summed E-state index contributed by atoms with van der Waals surface area (Å²) in [5, 5.41) is 8.16. The van der Waals surface area contributed by atoms with E-state index in [-0.39, 0.29) is 12.5 Å². The van der Waals surface area contributed by atoms with E-state index in [9.17, 15) is 4.79 Å². The van der Waals surface area contributed by atoms with Crippen molar-refractivity contribution in [2.75, 3.05) is 26.8 Å². The summed E-state index contributed by atoms with van der Waals surface area (Å²) in [5.74, 6) is 2.37. The van der Waals surface area contributed by atoms with Gasteiger partial charge in [0.2, 0.25) is 17.7 Å². The summed E-state index contributed by atoms with van der Waals surface area (Å²) in [5.41, 5.74) is 0. The summed E-state index contributed by atoms with van der Waals surface area (Å²) in [6.07, 6.45) is 2.55. The molecule has 1 aromatic heterocycles. The third kappa shape index (κ3) is 4.03. The Morgan fingerprint density at radius 2 is 2.20 bits per heavy atom. The number of likely N-dealkylation sites (tertiary alicyclic amines) is 1. The third-order valence-corrected chi connectivity index (χ3v) is 3.46. The lowest BCUT2D eigenvalue weighted by Crippen LogP contribution is -2.31. The van der Waals surface area contributed by atoms with E-state index >= 15 is 0 Å². The van der Waals surface area contributed by atoms with Gasteiger partial charge in [-0.3, -0.25) is 4.79 Å². The molecule has 0 aromatic carbocycles. The second-order valence-corrected chi connectivity index (χ2v) is 5.82. The van der Waals surface area contributed by atoms with Crippen LogP contribution in [0.2, 0.25) is 0 Å². The molecule has 1 aliphatic rings. The fourth-order valence-corrected chi connectivity index (χ4v) is 2.49. The van der Waals surface area contributed by atoms with E-state index in [1.54, 1.807) is 7.11 Å². The van der Waals surface area contributed by atoms with E-state index in [4.69, 9.17) is 9.15 Å². The van der Waals surface area contributed by atoms with E-state index in [0.29, 0.717) is 23.6 Å². The Bertz CT molecular complexity index is 445. The average Bonchev–Trinajstić information content (AvgIpc) is 2.99. The Morgan fingerprint density at radius 3 is 2.90 bits per heavy atom. The van der Waals surface area contributed by atoms with Crippen LogP contribution >= 0.6 is 0 Å². The molecular weight excluding hydrogens is 258 g/mol. The van der Waals surface area contributed by atoms with Crippen molar-refractivity contribution in [3.63, 3.8) is 0 Å². The van der Waals surface area contributed by atoms with E-state index in [2.05, 4.69) is 24.0 Å². The number of carbonyl (C=O) groups is 1. The number of hydrogen-bond acceptors (Lipinski definition) is 5. The molecular formula is C14H23N3O3. The first-order valence-corrected chi connectivity index (χ1v) is 7.16. The van der Waals surface area contributed by atoms with Gasteiger partial charge in [-0.1, -0.05) is 13.8 Å². The molecule has 1 aromatic rings. The summed E-state index contributed by atoms with van der Waals surface area (Å²) in [4.78, 5) is 13.6. The van der Waals surface area contributed by atoms with Crippen LogP contribution in [-0.4, -0.2) is 47.8 Å². The van der Waals surface area contributed by atoms with Gasteiger partial charge in [0.25, 0.3) is 0 Å². The first-order valence-electron chi connectivity index (χ1n) is 7.16. The molecule has 112 valence electrons. The average molecular weight is 281 g/mol. The SMILES string of the molecule is COCC(=O)N1CCC(Cc2nnc(CC(C)C)o2)C1. The van der Waals surface area contributed by atoms with Gasteiger partial charge < -0.3 is 14.1 Å². The molecule has 6 nitrogen and oxygen atoms in total. The zero-order chi connectivity index (χ0) is 14.5. The van der Waals surface area contributed by atoms with Crippen molar-refractivity contribution < 1.29 is 13.9 Å². The number of methoxy groups -OCH3 is 1. The molecule has 6 heteroatoms. The van der Waals surface area contributed by atoms with Crippen LogP contribution in [-0.2, 0) is 22.4 Å². The molecule has 2 heterocycles. The number of nitrogens with zero attached hydrogens (tertiary/aromatic N) is 3. The highest BCUT2D eigenvalue weighted by atomic mass is 16.5. The van der Waals surface area contributed by atoms with Crippen molar-refractivity contribution in [1.82, 2.24) is 15.1 Å². The van der Waals surface area contributed by atoms with E-state index < -0.39 is 0 Å². The smallest absolute Gasteiger partial charge is 0.248 e. The summed E-state index contributed by atoms with van der Waals surface area (Å²) >= 11 is 0. The maximum absolute atomic E-state index is 11.7. The van der Waals surface area contributed by atoms with Crippen molar-refractivity contribution in [2.45, 2.75) is 33.1 Å². The van der Waals surface area contributed by atoms with E-state index in [1.807, 2.05) is 4.90 Å². The van der Waals surface area contributed by atoms with Crippen LogP contribution in [0, 0.1) is 11.8 Å². The van der Waals surface area contributed by atoms with Crippen LogP contribution in [0.15, 0.2) is 4.42 Å². The highest BCUT2D eigenvalue weighted by molar-refractivity contribution is 5.77. The Balaban J connectivity index is 1.82. The van der Waals surface area contributed by atoms with Crippen molar-refractivity contribution in [3.05, 3.63) is 11.8 Å². The first-order chi connectivity index (χ1) is 9.58. The predicted octanol–water partition coefficient (Wildman–Crippen LogP) is 1.31. The quantitative estimate of drug-likeness (QED) is 0.786. The molecule has 1 saturated heterocycles. The van der Waals surface area contributed by atoms with Crippen LogP contribution < -0.4 is 0 Å². The minimum atomic E-state index is 0.0565. The number of carbonyl (C=O) groups excluding carboxylic acids is 1. The monoisotopic (exact) mass is 281 g/mol. The van der Waals surface area contributed by atoms with Gasteiger partial charge in [0, 0.05) is 33.0 Å². The highest BCUT2D eigenvalue weighted by Gasteiger charge is 2.27. The fourth-order valence-electron chi connectivity index (χ4n) is 2.49. The molecule has 1 unspecified atom stereocenters. The maximum atomic E-state index is 11.7. The zero-order valence-corrected chi connectivity index (χ0v) is 12.5. The molecule has 0 aliphatic carbocycles. The Kier molecular flexibility index (Phi) is 5.11. The standard InChI is InChI=1S/C14H23N3O3/c1-10(2)6-12-15-16-13(20-12)7-11-4-5-17(8-11)14(18)9-19-3/h10-11H,4-9H2,1-3H3. The number of hydrogen-bond donors (Lipinski definition) is 0. The zero-order valence-electron chi connectivity index (χ0n) is 12.5. The lowest BCUT2D eigenvalue weighted by Gasteiger charge is -2.15. The van der Waals surface area contributed by atoms with Gasteiger partial charge in [-0.15, -0.1) is 10.2 Å². The van der Waals surface area contributed by atoms with Gasteiger partial charge in [-0.25, -0.2) is 0 Å². The molecule has 20 heavy (non-hydrogen) atoms. The Morgan fingerprint density at radius 1 is 1.45 bits per heavy atom. The van der Waals surface area contributed by atoms with Crippen LogP contribution in [0.5, 0.6) is 0 Å². The van der Waals surface area contributed by atoms with Crippen molar-refractivity contribution in [3.8, 4) is 0 Å². The minimum Gasteiger partial charge on any atom is -0.425 e. The van der Waals surface area contributed by atoms with Crippen molar-refractivity contribution in [2.24, 2.45) is 11.8 Å². The van der Waals surface area contributed by atoms with Crippen LogP contribution in [0.25, 0.3) is 0 Å². The Labute approximate surface area is 119 Å². The lowest BCUT2D eigenvalue weighted by molar-refractivity contribution is -0.134. The largest absolute Gasteiger partial charge is 0.425 e. The number of ether oxygens (including phenoxy) is 1. The maximum Gasteiger partial charge on any atom is 0.248 e. The number of aromatic nitrogens is 2. The molecule has 1 aliphatic heterocycles. The molecule has 1 amide bonds. The van der Waals surface area contributed by atoms with Crippen LogP contribution in [0.4, 0.5) is 0 Å². The van der Waals surface area contributed by atoms with Crippen molar-refractivity contribution in [1.29, 1.82) is 0 Å². The Hall–Kier alpha value is -1.43. The van der Waals surface area contributed by atoms with Crippen LogP contribution in [0.3, 0.4) is 0 Å². The minimum absolute atomic E-state index is 0.0565. The lowest BCUT2D eigenvalue weighted by atomic mass is 10.1. The third-order valence-electron chi connectivity index (χ3n) is 3.46. The number of amides is 1. The summed E-state index contributed by atoms with van der Waals surface area (Å²) in [6, 6.07) is 0. The van der Waals surface area contributed by atoms with Gasteiger partial charge in [0.15, 0.2) is 0 Å². The molecule has 0 bridgehead atoms. The van der Waals surface area contributed by atoms with Crippen LogP contribution in [0.1, 0.15) is 32.0 Å². The topological polar surface area (TPSA) is 68.5 Å². The molecule has 1 atom stereocenters. The molecule has 2 rings (SSSR count). The second-order valence-electron chi connectivity index (χ2n) is 5.82. The normalized spacial score (nSPS) is 19.0. The van der Waals surface area contributed by atoms with E-state index in [0.717, 1.165) is 32.4 Å². The fraction of sp³-hybridized carbons (Fsp3) is 0.786. The summed E-state index contributed by atoms with van der Waals surface area (Å²) in [6.45, 7) is 5.95. The van der Waals surface area contributed by atoms with Gasteiger partial charge in [-0.2, -0.15) is 0 Å². The second kappa shape index (κ2) is 6.83. The molecule has 0 N–H and O–H groups in total. The molecule has 0 saturated carbocycles. The predicted molar refractivity (Wildman–Crippen MR) is 73.1 cm³/mol. The summed E-state index contributed by atoms with van der Waals surface area (Å²) in [7, 11) is 1.54. The van der Waals surface area contributed by atoms with Gasteiger partial charge in [0.1, 0.15) is 6.61 Å². The summed E-state index contributed by atoms with van der Waals surface area (Å²) < 4.78 is 10.5. The van der Waals surface area contributed by atoms with E-state index in [1.165, 1.54) is 0 Å². The molecule has 0 radical (unpaired) electrons. The van der Waals surface area contributed by atoms with Gasteiger partial charge in [-0.05, 0) is 18.3 Å². The highest BCUT2D eigenvalue weighted by Crippen LogP contribution is 2.21. The van der Waals surface area contributed by atoms with Crippen molar-refractivity contribution >= 4 is 5.91 Å².